The first kappa shape index (κ1) is 40.0. The van der Waals surface area contributed by atoms with Gasteiger partial charge in [0.25, 0.3) is 0 Å². The summed E-state index contributed by atoms with van der Waals surface area (Å²) in [6.45, 7) is 0. The van der Waals surface area contributed by atoms with Crippen LogP contribution in [0.1, 0.15) is 0 Å². The minimum atomic E-state index is -9.08. The zero-order chi connectivity index (χ0) is 39.5. The van der Waals surface area contributed by atoms with Crippen molar-refractivity contribution >= 4 is 36.5 Å². The van der Waals surface area contributed by atoms with Crippen molar-refractivity contribution in [3.05, 3.63) is 147 Å². The van der Waals surface area contributed by atoms with Crippen LogP contribution >= 0.6 is 0 Å². The van der Waals surface area contributed by atoms with Gasteiger partial charge in [0.15, 0.2) is 69.8 Å². The van der Waals surface area contributed by atoms with E-state index >= 15 is 35.1 Å². The van der Waals surface area contributed by atoms with Crippen molar-refractivity contribution < 1.29 is 93.5 Å². The molecule has 0 saturated carbocycles. The van der Waals surface area contributed by atoms with Gasteiger partial charge >= 0.3 is 13.1 Å². The smallest absolute Gasteiger partial charge is 0.300 e. The summed E-state index contributed by atoms with van der Waals surface area (Å²) in [4.78, 5) is 0. The van der Waals surface area contributed by atoms with Gasteiger partial charge in [0.1, 0.15) is 52.2 Å². The molecule has 0 amide bonds. The Bertz CT molecular complexity index is 1880. The lowest BCUT2D eigenvalue weighted by Gasteiger charge is -2.42. The molecule has 0 radical (unpaired) electrons. The third-order valence-corrected chi connectivity index (χ3v) is 13.0. The van der Waals surface area contributed by atoms with E-state index in [2.05, 4.69) is 5.73 Å². The Labute approximate surface area is 276 Å². The van der Waals surface area contributed by atoms with E-state index < -0.39 is 147 Å². The zero-order valence-corrected chi connectivity index (χ0v) is 25.4. The largest absolute Gasteiger partial charge is 0.325 e. The van der Waals surface area contributed by atoms with Crippen LogP contribution < -0.4 is 23.4 Å². The van der Waals surface area contributed by atoms with Crippen LogP contribution in [0.4, 0.5) is 93.5 Å². The summed E-state index contributed by atoms with van der Waals surface area (Å²) in [6, 6.07) is 9.87. The van der Waals surface area contributed by atoms with Crippen molar-refractivity contribution in [3.8, 4) is 0 Å². The Balaban J connectivity index is 0.000000771. The van der Waals surface area contributed by atoms with Crippen molar-refractivity contribution in [3.63, 3.8) is 0 Å². The van der Waals surface area contributed by atoms with Gasteiger partial charge in [-0.25, -0.2) is 87.8 Å². The van der Waals surface area contributed by atoms with Crippen LogP contribution in [0.2, 0.25) is 0 Å². The Kier molecular flexibility index (Phi) is 11.0. The van der Waals surface area contributed by atoms with Crippen LogP contribution in [0.5, 0.6) is 0 Å². The predicted molar refractivity (Wildman–Crippen MR) is 138 cm³/mol. The summed E-state index contributed by atoms with van der Waals surface area (Å²) in [5.41, 5.74) is 4.79. The fourth-order valence-electron chi connectivity index (χ4n) is 5.35. The number of hydrogen-bond acceptors (Lipinski definition) is 0. The summed E-state index contributed by atoms with van der Waals surface area (Å²) in [6.07, 6.45) is 0. The van der Waals surface area contributed by atoms with Crippen molar-refractivity contribution in [2.75, 3.05) is 0 Å². The molecule has 0 fully saturated rings. The highest BCUT2D eigenvalue weighted by Crippen LogP contribution is 2.30. The summed E-state index contributed by atoms with van der Waals surface area (Å²) >= 11 is -9.08. The number of halogens is 20. The molecule has 0 unspecified atom stereocenters. The number of benzene rings is 5. The Morgan fingerprint density at radius 1 is 0.250 bits per heavy atom. The van der Waals surface area contributed by atoms with E-state index in [-0.39, 0.29) is 0 Å². The monoisotopic (exact) mass is 789 g/mol. The molecule has 5 aromatic rings. The molecule has 0 saturated heterocycles. The molecule has 0 aliphatic heterocycles. The molecule has 22 heteroatoms. The zero-order valence-electron chi connectivity index (χ0n) is 24.2. The van der Waals surface area contributed by atoms with Crippen LogP contribution in [-0.4, -0.2) is 13.1 Å². The van der Waals surface area contributed by atoms with Gasteiger partial charge < -0.3 is 5.73 Å². The third kappa shape index (κ3) is 5.82. The minimum Gasteiger partial charge on any atom is -0.325 e. The van der Waals surface area contributed by atoms with Gasteiger partial charge in [0, 0.05) is 0 Å². The molecular formula is C30H8AlF20N. The maximum Gasteiger partial charge on any atom is 0.300 e. The first-order chi connectivity index (χ1) is 24.1. The van der Waals surface area contributed by atoms with E-state index in [1.54, 1.807) is 0 Å². The summed E-state index contributed by atoms with van der Waals surface area (Å²) in [7, 11) is 0. The number of hydrogen-bond donors (Lipinski definition) is 1. The van der Waals surface area contributed by atoms with E-state index in [1.807, 2.05) is 30.3 Å². The summed E-state index contributed by atoms with van der Waals surface area (Å²) < 4.78 is 280. The number of rotatable bonds is 4. The van der Waals surface area contributed by atoms with E-state index in [0.717, 1.165) is 5.69 Å². The fourth-order valence-corrected chi connectivity index (χ4v) is 11.1. The second-order valence-electron chi connectivity index (χ2n) is 10.3. The molecule has 5 rings (SSSR count). The quantitative estimate of drug-likeness (QED) is 0.0946. The Hall–Kier alpha value is -4.81. The Morgan fingerprint density at radius 2 is 0.404 bits per heavy atom. The highest BCUT2D eigenvalue weighted by atomic mass is 27.2. The third-order valence-electron chi connectivity index (χ3n) is 7.55. The molecule has 5 aromatic carbocycles. The van der Waals surface area contributed by atoms with Crippen molar-refractivity contribution in [1.29, 1.82) is 0 Å². The van der Waals surface area contributed by atoms with Gasteiger partial charge in [-0.1, -0.05) is 18.2 Å². The molecule has 0 aromatic heterocycles. The highest BCUT2D eigenvalue weighted by Gasteiger charge is 2.55. The fraction of sp³-hybridized carbons (Fsp3) is 0. The minimum absolute atomic E-state index is 1.07. The first-order valence-corrected chi connectivity index (χ1v) is 15.5. The lowest BCUT2D eigenvalue weighted by Crippen LogP contribution is -2.81. The van der Waals surface area contributed by atoms with Gasteiger partial charge in [-0.3, -0.25) is 0 Å². The SMILES string of the molecule is Fc1c(F)c(F)[c]([Al-]([c]2c(F)c(F)c(F)c(F)c2F)([c]2c(F)c(F)c(F)c(F)c2F)[c]2c(F)c(F)c(F)c(F)c2F)c(F)c1F.[NH3+]c1ccccc1. The second-order valence-corrected chi connectivity index (χ2v) is 14.3. The molecule has 0 aliphatic rings. The average Bonchev–Trinajstić information content (AvgIpc) is 3.12. The van der Waals surface area contributed by atoms with Crippen molar-refractivity contribution in [2.45, 2.75) is 0 Å². The average molecular weight is 789 g/mol. The summed E-state index contributed by atoms with van der Waals surface area (Å²) in [5.74, 6) is -70.8. The predicted octanol–water partition coefficient (Wildman–Crippen LogP) is 6.41. The maximum atomic E-state index is 15.4. The topological polar surface area (TPSA) is 27.6 Å². The normalized spacial score (nSPS) is 11.6. The maximum absolute atomic E-state index is 15.4. The molecule has 3 N–H and O–H groups in total. The van der Waals surface area contributed by atoms with Crippen LogP contribution in [0, 0.1) is 116 Å². The molecule has 0 bridgehead atoms. The molecule has 0 heterocycles. The van der Waals surface area contributed by atoms with E-state index in [4.69, 9.17) is 0 Å². The molecule has 0 atom stereocenters. The van der Waals surface area contributed by atoms with Crippen LogP contribution in [0.25, 0.3) is 0 Å². The van der Waals surface area contributed by atoms with E-state index in [0.29, 0.717) is 0 Å². The highest BCUT2D eigenvalue weighted by molar-refractivity contribution is 7.20. The molecule has 0 aliphatic carbocycles. The van der Waals surface area contributed by atoms with Crippen LogP contribution in [0.3, 0.4) is 0 Å². The second kappa shape index (κ2) is 14.3. The molecule has 52 heavy (non-hydrogen) atoms. The van der Waals surface area contributed by atoms with Crippen molar-refractivity contribution in [2.24, 2.45) is 0 Å². The van der Waals surface area contributed by atoms with Gasteiger partial charge in [-0.15, -0.1) is 17.7 Å². The van der Waals surface area contributed by atoms with Gasteiger partial charge in [-0.2, -0.15) is 0 Å². The summed E-state index contributed by atoms with van der Waals surface area (Å²) in [5, 5.41) is 0. The van der Waals surface area contributed by atoms with Gasteiger partial charge in [-0.05, 0) is 12.1 Å². The Morgan fingerprint density at radius 3 is 0.538 bits per heavy atom. The van der Waals surface area contributed by atoms with Gasteiger partial charge in [0.05, 0.1) is 0 Å². The van der Waals surface area contributed by atoms with E-state index in [9.17, 15) is 52.7 Å². The molecule has 0 spiro atoms. The molecular weight excluding hydrogens is 781 g/mol. The molecule has 1 nitrogen and oxygen atoms in total. The van der Waals surface area contributed by atoms with E-state index in [1.165, 1.54) is 0 Å². The standard InChI is InChI=1S/4C6F5.C6H7N.Al/c4*7-2-1-3(8)5(10)6(11)4(2)9;7-6-4-2-1-3-5-6;/h;;;;1-5H,7H2;/q;;;;;-1/p+1. The van der Waals surface area contributed by atoms with Crippen molar-refractivity contribution in [1.82, 2.24) is 0 Å². The van der Waals surface area contributed by atoms with Gasteiger partial charge in [0.2, 0.25) is 0 Å². The van der Waals surface area contributed by atoms with Crippen LogP contribution in [-0.2, 0) is 0 Å². The molecule has 276 valence electrons. The lowest BCUT2D eigenvalue weighted by molar-refractivity contribution is -0.254. The number of quaternary nitrogens is 1. The lowest BCUT2D eigenvalue weighted by atomic mass is 10.2. The van der Waals surface area contributed by atoms with Crippen LogP contribution in [0.15, 0.2) is 30.3 Å². The first-order valence-electron chi connectivity index (χ1n) is 13.2.